The Balaban J connectivity index is 1.08. The van der Waals surface area contributed by atoms with Crippen molar-refractivity contribution in [2.45, 2.75) is 12.8 Å². The molecule has 0 radical (unpaired) electrons. The summed E-state index contributed by atoms with van der Waals surface area (Å²) in [4.78, 5) is 15.3. The molecule has 0 saturated heterocycles. The maximum atomic E-state index is 6.26. The molecule has 2 heterocycles. The van der Waals surface area contributed by atoms with Crippen LogP contribution < -0.4 is 0 Å². The average molecular weight is 680 g/mol. The number of benzene rings is 7. The second-order valence-corrected chi connectivity index (χ2v) is 13.5. The number of para-hydroxylation sites is 1. The minimum Gasteiger partial charge on any atom is -0.456 e. The molecule has 1 aliphatic rings. The predicted molar refractivity (Wildman–Crippen MR) is 218 cm³/mol. The molecule has 7 aromatic carbocycles. The Morgan fingerprint density at radius 2 is 0.830 bits per heavy atom. The van der Waals surface area contributed by atoms with Gasteiger partial charge in [0, 0.05) is 27.5 Å². The van der Waals surface area contributed by atoms with Crippen molar-refractivity contribution in [1.29, 1.82) is 0 Å². The van der Waals surface area contributed by atoms with Crippen molar-refractivity contribution >= 4 is 43.9 Å². The number of hydrogen-bond acceptors (Lipinski definition) is 4. The van der Waals surface area contributed by atoms with E-state index in [4.69, 9.17) is 19.4 Å². The maximum Gasteiger partial charge on any atom is 0.164 e. The van der Waals surface area contributed by atoms with Gasteiger partial charge in [-0.15, -0.1) is 0 Å². The number of aromatic nitrogens is 3. The largest absolute Gasteiger partial charge is 0.456 e. The second kappa shape index (κ2) is 13.0. The molecule has 0 atom stereocenters. The third-order valence-electron chi connectivity index (χ3n) is 10.3. The van der Waals surface area contributed by atoms with Gasteiger partial charge < -0.3 is 4.42 Å². The number of allylic oxidation sites excluding steroid dienone is 4. The highest BCUT2D eigenvalue weighted by Gasteiger charge is 2.19. The van der Waals surface area contributed by atoms with E-state index < -0.39 is 0 Å². The molecule has 0 amide bonds. The van der Waals surface area contributed by atoms with Crippen LogP contribution >= 0.6 is 0 Å². The molecule has 0 unspecified atom stereocenters. The van der Waals surface area contributed by atoms with Gasteiger partial charge in [-0.1, -0.05) is 158 Å². The van der Waals surface area contributed by atoms with Crippen LogP contribution in [0.4, 0.5) is 0 Å². The lowest BCUT2D eigenvalue weighted by molar-refractivity contribution is 0.669. The molecule has 0 fully saturated rings. The first kappa shape index (κ1) is 30.9. The molecular weight excluding hydrogens is 647 g/mol. The van der Waals surface area contributed by atoms with Crippen LogP contribution in [-0.2, 0) is 0 Å². The molecule has 10 rings (SSSR count). The summed E-state index contributed by atoms with van der Waals surface area (Å²) in [7, 11) is 0. The minimum atomic E-state index is 0.640. The molecule has 0 N–H and O–H groups in total. The van der Waals surface area contributed by atoms with Crippen LogP contribution in [0.15, 0.2) is 180 Å². The van der Waals surface area contributed by atoms with Crippen molar-refractivity contribution in [2.75, 3.05) is 0 Å². The van der Waals surface area contributed by atoms with Gasteiger partial charge in [-0.3, -0.25) is 0 Å². The Bertz CT molecular complexity index is 2870. The van der Waals surface area contributed by atoms with E-state index in [-0.39, 0.29) is 0 Å². The molecule has 0 saturated carbocycles. The van der Waals surface area contributed by atoms with E-state index in [1.54, 1.807) is 0 Å². The molecule has 250 valence electrons. The quantitative estimate of drug-likeness (QED) is 0.175. The van der Waals surface area contributed by atoms with Gasteiger partial charge in [-0.2, -0.15) is 0 Å². The summed E-state index contributed by atoms with van der Waals surface area (Å²) in [6, 6.07) is 56.9. The van der Waals surface area contributed by atoms with Crippen molar-refractivity contribution in [3.8, 4) is 45.3 Å². The first-order valence-corrected chi connectivity index (χ1v) is 18.1. The fraction of sp³-hybridized carbons (Fsp3) is 0.0408. The van der Waals surface area contributed by atoms with Gasteiger partial charge in [0.2, 0.25) is 0 Å². The van der Waals surface area contributed by atoms with Crippen molar-refractivity contribution in [3.63, 3.8) is 0 Å². The second-order valence-electron chi connectivity index (χ2n) is 13.5. The average Bonchev–Trinajstić information content (AvgIpc) is 3.63. The third-order valence-corrected chi connectivity index (χ3v) is 10.3. The van der Waals surface area contributed by atoms with Crippen LogP contribution in [0.1, 0.15) is 24.0 Å². The van der Waals surface area contributed by atoms with E-state index in [2.05, 4.69) is 140 Å². The molecule has 0 aliphatic heterocycles. The Morgan fingerprint density at radius 1 is 0.340 bits per heavy atom. The lowest BCUT2D eigenvalue weighted by Crippen LogP contribution is -2.01. The van der Waals surface area contributed by atoms with Gasteiger partial charge in [0.25, 0.3) is 0 Å². The summed E-state index contributed by atoms with van der Waals surface area (Å²) < 4.78 is 6.26. The van der Waals surface area contributed by atoms with E-state index in [9.17, 15) is 0 Å². The monoisotopic (exact) mass is 679 g/mol. The molecule has 53 heavy (non-hydrogen) atoms. The first-order valence-electron chi connectivity index (χ1n) is 18.1. The van der Waals surface area contributed by atoms with Gasteiger partial charge in [0.05, 0.1) is 0 Å². The zero-order valence-electron chi connectivity index (χ0n) is 28.9. The van der Waals surface area contributed by atoms with Crippen LogP contribution in [-0.4, -0.2) is 15.0 Å². The summed E-state index contributed by atoms with van der Waals surface area (Å²) >= 11 is 0. The van der Waals surface area contributed by atoms with Gasteiger partial charge in [0.1, 0.15) is 11.2 Å². The molecular formula is C49H33N3O. The van der Waals surface area contributed by atoms with Gasteiger partial charge in [-0.25, -0.2) is 15.0 Å². The first-order chi connectivity index (χ1) is 26.3. The highest BCUT2D eigenvalue weighted by Crippen LogP contribution is 2.41. The highest BCUT2D eigenvalue weighted by molar-refractivity contribution is 6.16. The molecule has 0 bridgehead atoms. The van der Waals surface area contributed by atoms with Crippen LogP contribution in [0, 0.1) is 0 Å². The smallest absolute Gasteiger partial charge is 0.164 e. The van der Waals surface area contributed by atoms with Gasteiger partial charge in [-0.05, 0) is 75.2 Å². The summed E-state index contributed by atoms with van der Waals surface area (Å²) in [6.45, 7) is 0. The molecule has 4 heteroatoms. The zero-order chi connectivity index (χ0) is 35.1. The summed E-state index contributed by atoms with van der Waals surface area (Å²) in [5.41, 5.74) is 12.1. The van der Waals surface area contributed by atoms with E-state index in [0.29, 0.717) is 17.5 Å². The third kappa shape index (κ3) is 5.62. The van der Waals surface area contributed by atoms with Gasteiger partial charge >= 0.3 is 0 Å². The fourth-order valence-electron chi connectivity index (χ4n) is 7.67. The fourth-order valence-corrected chi connectivity index (χ4v) is 7.67. The SMILES string of the molecule is C1=C(c2ccccc2)CCC(c2ccc(-c3nc(-c4ccccc4)nc(-c4ccc(-c5cccc6oc7ccccc7c56)c5ccccc45)n3)cc2)=C1. The number of nitrogens with zero attached hydrogens (tertiary/aromatic N) is 3. The van der Waals surface area contributed by atoms with Gasteiger partial charge in [0.15, 0.2) is 17.5 Å². The Hall–Kier alpha value is -6.91. The molecule has 9 aromatic rings. The molecule has 0 spiro atoms. The van der Waals surface area contributed by atoms with Crippen LogP contribution in [0.5, 0.6) is 0 Å². The van der Waals surface area contributed by atoms with E-state index >= 15 is 0 Å². The Labute approximate surface area is 307 Å². The van der Waals surface area contributed by atoms with Crippen molar-refractivity contribution in [2.24, 2.45) is 0 Å². The number of fused-ring (bicyclic) bond motifs is 4. The van der Waals surface area contributed by atoms with Crippen LogP contribution in [0.25, 0.3) is 89.1 Å². The lowest BCUT2D eigenvalue weighted by Gasteiger charge is -2.16. The topological polar surface area (TPSA) is 51.8 Å². The highest BCUT2D eigenvalue weighted by atomic mass is 16.3. The Morgan fingerprint density at radius 3 is 1.51 bits per heavy atom. The Kier molecular flexibility index (Phi) is 7.58. The summed E-state index contributed by atoms with van der Waals surface area (Å²) in [5, 5.41) is 4.43. The van der Waals surface area contributed by atoms with E-state index in [1.807, 2.05) is 36.4 Å². The van der Waals surface area contributed by atoms with Crippen LogP contribution in [0.3, 0.4) is 0 Å². The van der Waals surface area contributed by atoms with Crippen molar-refractivity contribution in [3.05, 3.63) is 187 Å². The minimum absolute atomic E-state index is 0.640. The number of rotatable bonds is 6. The molecule has 1 aliphatic carbocycles. The summed E-state index contributed by atoms with van der Waals surface area (Å²) in [5.74, 6) is 1.93. The lowest BCUT2D eigenvalue weighted by atomic mass is 9.90. The van der Waals surface area contributed by atoms with Crippen LogP contribution in [0.2, 0.25) is 0 Å². The maximum absolute atomic E-state index is 6.26. The van der Waals surface area contributed by atoms with E-state index in [1.165, 1.54) is 22.3 Å². The van der Waals surface area contributed by atoms with Crippen molar-refractivity contribution < 1.29 is 4.42 Å². The zero-order valence-corrected chi connectivity index (χ0v) is 28.9. The predicted octanol–water partition coefficient (Wildman–Crippen LogP) is 12.9. The van der Waals surface area contributed by atoms with E-state index in [0.717, 1.165) is 73.4 Å². The molecule has 2 aromatic heterocycles. The number of hydrogen-bond donors (Lipinski definition) is 0. The number of furan rings is 1. The normalized spacial score (nSPS) is 13.0. The molecule has 4 nitrogen and oxygen atoms in total. The summed E-state index contributed by atoms with van der Waals surface area (Å²) in [6.07, 6.45) is 6.55. The standard InChI is InChI=1S/C49H33N3O/c1-3-12-32(13-4-1)33-22-24-34(25-23-33)35-26-28-37(29-27-35)48-50-47(36-14-5-2-6-15-36)51-49(52-48)42-31-30-40(38-16-7-8-17-39(38)42)41-19-11-21-45-46(41)43-18-9-10-20-44(43)53-45/h1-22,24,26-31H,23,25H2. The van der Waals surface area contributed by atoms with Crippen molar-refractivity contribution in [1.82, 2.24) is 15.0 Å².